The molecule has 5 heteroatoms. The lowest BCUT2D eigenvalue weighted by atomic mass is 10.1. The number of oxazole rings is 1. The summed E-state index contributed by atoms with van der Waals surface area (Å²) in [6.45, 7) is 1.66. The molecule has 4 nitrogen and oxygen atoms in total. The van der Waals surface area contributed by atoms with E-state index in [-0.39, 0.29) is 5.91 Å². The predicted octanol–water partition coefficient (Wildman–Crippen LogP) is 4.08. The third-order valence-electron chi connectivity index (χ3n) is 4.38. The molecular weight excluding hydrogens is 320 g/mol. The van der Waals surface area contributed by atoms with E-state index in [0.717, 1.165) is 30.8 Å². The lowest BCUT2D eigenvalue weighted by molar-refractivity contribution is 0.0788. The number of rotatable bonds is 4. The zero-order valence-corrected chi connectivity index (χ0v) is 14.0. The molecule has 4 rings (SSSR count). The number of fused-ring (bicyclic) bond motifs is 1. The SMILES string of the molecule is O=C(c1ccc2ocnc2c1)N1CCC(CSc2ccccc2)C1. The Morgan fingerprint density at radius 2 is 2.12 bits per heavy atom. The minimum atomic E-state index is 0.0899. The Kier molecular flexibility index (Phi) is 4.26. The summed E-state index contributed by atoms with van der Waals surface area (Å²) in [6, 6.07) is 15.9. The van der Waals surface area contributed by atoms with Crippen molar-refractivity contribution in [3.63, 3.8) is 0 Å². The van der Waals surface area contributed by atoms with Gasteiger partial charge in [-0.15, -0.1) is 11.8 Å². The second-order valence-electron chi connectivity index (χ2n) is 6.06. The van der Waals surface area contributed by atoms with E-state index in [9.17, 15) is 4.79 Å². The van der Waals surface area contributed by atoms with Crippen molar-refractivity contribution in [1.29, 1.82) is 0 Å². The summed E-state index contributed by atoms with van der Waals surface area (Å²) in [4.78, 5) is 20.1. The van der Waals surface area contributed by atoms with Crippen LogP contribution in [-0.4, -0.2) is 34.6 Å². The van der Waals surface area contributed by atoms with E-state index in [1.54, 1.807) is 0 Å². The van der Waals surface area contributed by atoms with Gasteiger partial charge in [0.2, 0.25) is 0 Å². The van der Waals surface area contributed by atoms with Crippen LogP contribution in [0.2, 0.25) is 0 Å². The average Bonchev–Trinajstić information content (AvgIpc) is 3.29. The van der Waals surface area contributed by atoms with Crippen LogP contribution in [-0.2, 0) is 0 Å². The first kappa shape index (κ1) is 15.3. The van der Waals surface area contributed by atoms with Crippen molar-refractivity contribution < 1.29 is 9.21 Å². The lowest BCUT2D eigenvalue weighted by Gasteiger charge is -2.16. The van der Waals surface area contributed by atoms with Crippen LogP contribution >= 0.6 is 11.8 Å². The Hall–Kier alpha value is -2.27. The van der Waals surface area contributed by atoms with Crippen LogP contribution in [0.15, 0.2) is 64.2 Å². The van der Waals surface area contributed by atoms with Gasteiger partial charge in [0.25, 0.3) is 5.91 Å². The maximum Gasteiger partial charge on any atom is 0.253 e. The van der Waals surface area contributed by atoms with Crippen LogP contribution in [0, 0.1) is 5.92 Å². The molecule has 0 aliphatic carbocycles. The monoisotopic (exact) mass is 338 g/mol. The predicted molar refractivity (Wildman–Crippen MR) is 95.2 cm³/mol. The van der Waals surface area contributed by atoms with E-state index in [0.29, 0.717) is 17.1 Å². The number of amides is 1. The Morgan fingerprint density at radius 3 is 3.00 bits per heavy atom. The Labute approximate surface area is 144 Å². The van der Waals surface area contributed by atoms with E-state index >= 15 is 0 Å². The molecule has 0 spiro atoms. The third-order valence-corrected chi connectivity index (χ3v) is 5.62. The van der Waals surface area contributed by atoms with Gasteiger partial charge in [-0.25, -0.2) is 4.98 Å². The smallest absolute Gasteiger partial charge is 0.253 e. The number of likely N-dealkylation sites (tertiary alicyclic amines) is 1. The third kappa shape index (κ3) is 3.17. The van der Waals surface area contributed by atoms with Gasteiger partial charge in [0.15, 0.2) is 12.0 Å². The maximum atomic E-state index is 12.7. The van der Waals surface area contributed by atoms with Gasteiger partial charge in [-0.2, -0.15) is 0 Å². The van der Waals surface area contributed by atoms with Gasteiger partial charge in [0.1, 0.15) is 5.52 Å². The Balaban J connectivity index is 1.38. The molecule has 3 aromatic rings. The van der Waals surface area contributed by atoms with Crippen LogP contribution in [0.5, 0.6) is 0 Å². The van der Waals surface area contributed by atoms with Gasteiger partial charge in [0, 0.05) is 29.3 Å². The first-order valence-corrected chi connectivity index (χ1v) is 9.08. The molecule has 1 unspecified atom stereocenters. The van der Waals surface area contributed by atoms with Crippen molar-refractivity contribution in [1.82, 2.24) is 9.88 Å². The normalized spacial score (nSPS) is 17.5. The van der Waals surface area contributed by atoms with Gasteiger partial charge in [0.05, 0.1) is 0 Å². The number of thioether (sulfide) groups is 1. The molecule has 2 heterocycles. The van der Waals surface area contributed by atoms with E-state index in [2.05, 4.69) is 29.2 Å². The summed E-state index contributed by atoms with van der Waals surface area (Å²) >= 11 is 1.87. The van der Waals surface area contributed by atoms with E-state index in [4.69, 9.17) is 4.42 Å². The van der Waals surface area contributed by atoms with Crippen molar-refractivity contribution >= 4 is 28.8 Å². The van der Waals surface area contributed by atoms with Crippen LogP contribution < -0.4 is 0 Å². The molecule has 1 amide bonds. The van der Waals surface area contributed by atoms with Crippen molar-refractivity contribution in [2.24, 2.45) is 5.92 Å². The molecule has 0 N–H and O–H groups in total. The van der Waals surface area contributed by atoms with Crippen molar-refractivity contribution in [3.8, 4) is 0 Å². The van der Waals surface area contributed by atoms with E-state index < -0.39 is 0 Å². The summed E-state index contributed by atoms with van der Waals surface area (Å²) in [5.74, 6) is 1.69. The largest absolute Gasteiger partial charge is 0.443 e. The molecule has 1 aliphatic rings. The number of hydrogen-bond donors (Lipinski definition) is 0. The summed E-state index contributed by atoms with van der Waals surface area (Å²) in [7, 11) is 0. The number of hydrogen-bond acceptors (Lipinski definition) is 4. The highest BCUT2D eigenvalue weighted by Crippen LogP contribution is 2.27. The molecule has 1 fully saturated rings. The minimum Gasteiger partial charge on any atom is -0.443 e. The first-order valence-electron chi connectivity index (χ1n) is 8.10. The fourth-order valence-electron chi connectivity index (χ4n) is 3.06. The number of aromatic nitrogens is 1. The van der Waals surface area contributed by atoms with E-state index in [1.165, 1.54) is 11.3 Å². The molecule has 0 saturated carbocycles. The standard InChI is InChI=1S/C19H18N2O2S/c22-19(15-6-7-18-17(10-15)20-13-23-18)21-9-8-14(11-21)12-24-16-4-2-1-3-5-16/h1-7,10,13-14H,8-9,11-12H2. The van der Waals surface area contributed by atoms with Crippen molar-refractivity contribution in [2.75, 3.05) is 18.8 Å². The fraction of sp³-hybridized carbons (Fsp3) is 0.263. The Morgan fingerprint density at radius 1 is 1.25 bits per heavy atom. The van der Waals surface area contributed by atoms with Gasteiger partial charge >= 0.3 is 0 Å². The van der Waals surface area contributed by atoms with Crippen LogP contribution in [0.25, 0.3) is 11.1 Å². The molecule has 0 bridgehead atoms. The second-order valence-corrected chi connectivity index (χ2v) is 7.16. The molecule has 1 aromatic heterocycles. The molecule has 2 aromatic carbocycles. The molecule has 1 aliphatic heterocycles. The lowest BCUT2D eigenvalue weighted by Crippen LogP contribution is -2.28. The van der Waals surface area contributed by atoms with Gasteiger partial charge in [-0.3, -0.25) is 4.79 Å². The zero-order valence-electron chi connectivity index (χ0n) is 13.2. The maximum absolute atomic E-state index is 12.7. The molecular formula is C19H18N2O2S. The quantitative estimate of drug-likeness (QED) is 0.673. The minimum absolute atomic E-state index is 0.0899. The molecule has 122 valence electrons. The summed E-state index contributed by atoms with van der Waals surface area (Å²) in [5, 5.41) is 0. The highest BCUT2D eigenvalue weighted by atomic mass is 32.2. The highest BCUT2D eigenvalue weighted by molar-refractivity contribution is 7.99. The molecule has 24 heavy (non-hydrogen) atoms. The van der Waals surface area contributed by atoms with Crippen molar-refractivity contribution in [3.05, 3.63) is 60.5 Å². The second kappa shape index (κ2) is 6.69. The first-order chi connectivity index (χ1) is 11.8. The topological polar surface area (TPSA) is 46.3 Å². The number of nitrogens with zero attached hydrogens (tertiary/aromatic N) is 2. The number of carbonyl (C=O) groups is 1. The summed E-state index contributed by atoms with van der Waals surface area (Å²) in [6.07, 6.45) is 2.48. The van der Waals surface area contributed by atoms with Gasteiger partial charge in [-0.05, 0) is 42.7 Å². The molecule has 1 atom stereocenters. The number of carbonyl (C=O) groups excluding carboxylic acids is 1. The van der Waals surface area contributed by atoms with Crippen LogP contribution in [0.3, 0.4) is 0 Å². The number of benzene rings is 2. The van der Waals surface area contributed by atoms with Crippen molar-refractivity contribution in [2.45, 2.75) is 11.3 Å². The highest BCUT2D eigenvalue weighted by Gasteiger charge is 2.27. The van der Waals surface area contributed by atoms with Gasteiger partial charge < -0.3 is 9.32 Å². The summed E-state index contributed by atoms with van der Waals surface area (Å²) in [5.41, 5.74) is 2.13. The van der Waals surface area contributed by atoms with Crippen LogP contribution in [0.4, 0.5) is 0 Å². The molecule has 0 radical (unpaired) electrons. The zero-order chi connectivity index (χ0) is 16.4. The molecule has 1 saturated heterocycles. The van der Waals surface area contributed by atoms with E-state index in [1.807, 2.05) is 40.9 Å². The Bertz CT molecular complexity index is 847. The van der Waals surface area contributed by atoms with Crippen LogP contribution in [0.1, 0.15) is 16.8 Å². The fourth-order valence-corrected chi connectivity index (χ4v) is 4.11. The van der Waals surface area contributed by atoms with Gasteiger partial charge in [-0.1, -0.05) is 18.2 Å². The average molecular weight is 338 g/mol. The summed E-state index contributed by atoms with van der Waals surface area (Å²) < 4.78 is 5.23.